The molecule has 0 radical (unpaired) electrons. The van der Waals surface area contributed by atoms with E-state index in [0.29, 0.717) is 4.90 Å². The highest BCUT2D eigenvalue weighted by molar-refractivity contribution is 5.99. The second kappa shape index (κ2) is 7.71. The number of ketones is 1. The van der Waals surface area contributed by atoms with Gasteiger partial charge >= 0.3 is 12.1 Å². The first-order chi connectivity index (χ1) is 12.2. The standard InChI is InChI=1S/C16H15F4NO5/c1-2-26-12(23)5-11(22)10-3-7(6-21(10)16(24)25)13-14(19)8(17)4-9(18)15(13)20/h4,7,10H,2-3,5-6H2,1H3,(H,24,25)/t7-,10?/m0/s1. The van der Waals surface area contributed by atoms with Crippen LogP contribution in [0.15, 0.2) is 6.07 Å². The van der Waals surface area contributed by atoms with Crippen molar-refractivity contribution in [1.29, 1.82) is 0 Å². The highest BCUT2D eigenvalue weighted by atomic mass is 19.2. The van der Waals surface area contributed by atoms with E-state index < -0.39 is 78.0 Å². The smallest absolute Gasteiger partial charge is 0.407 e. The quantitative estimate of drug-likeness (QED) is 0.369. The normalized spacial score (nSPS) is 19.5. The molecule has 1 heterocycles. The summed E-state index contributed by atoms with van der Waals surface area (Å²) in [5, 5.41) is 9.20. The van der Waals surface area contributed by atoms with Gasteiger partial charge in [0.15, 0.2) is 29.1 Å². The third kappa shape index (κ3) is 3.78. The van der Waals surface area contributed by atoms with Crippen molar-refractivity contribution in [3.8, 4) is 0 Å². The van der Waals surface area contributed by atoms with E-state index in [4.69, 9.17) is 0 Å². The van der Waals surface area contributed by atoms with Gasteiger partial charge in [0.1, 0.15) is 6.42 Å². The van der Waals surface area contributed by atoms with Gasteiger partial charge in [-0.3, -0.25) is 14.5 Å². The number of rotatable bonds is 5. The molecule has 142 valence electrons. The van der Waals surface area contributed by atoms with E-state index in [0.717, 1.165) is 0 Å². The van der Waals surface area contributed by atoms with Crippen LogP contribution < -0.4 is 0 Å². The topological polar surface area (TPSA) is 83.9 Å². The molecule has 1 aromatic carbocycles. The second-order valence-corrected chi connectivity index (χ2v) is 5.71. The van der Waals surface area contributed by atoms with Gasteiger partial charge in [0.2, 0.25) is 0 Å². The van der Waals surface area contributed by atoms with Crippen LogP contribution in [0.1, 0.15) is 31.2 Å². The molecule has 1 fully saturated rings. The third-order valence-corrected chi connectivity index (χ3v) is 4.10. The van der Waals surface area contributed by atoms with Crippen LogP contribution in [0.4, 0.5) is 22.4 Å². The zero-order valence-corrected chi connectivity index (χ0v) is 13.6. The number of hydrogen-bond acceptors (Lipinski definition) is 4. The largest absolute Gasteiger partial charge is 0.466 e. The molecule has 26 heavy (non-hydrogen) atoms. The Kier molecular flexibility index (Phi) is 5.83. The summed E-state index contributed by atoms with van der Waals surface area (Å²) in [5.74, 6) is -9.52. The molecule has 1 aliphatic heterocycles. The van der Waals surface area contributed by atoms with E-state index in [2.05, 4.69) is 4.74 Å². The maximum atomic E-state index is 14.0. The van der Waals surface area contributed by atoms with Gasteiger partial charge in [0.25, 0.3) is 0 Å². The summed E-state index contributed by atoms with van der Waals surface area (Å²) < 4.78 is 59.3. The molecule has 6 nitrogen and oxygen atoms in total. The van der Waals surface area contributed by atoms with Crippen molar-refractivity contribution >= 4 is 17.8 Å². The van der Waals surface area contributed by atoms with Crippen LogP contribution >= 0.6 is 0 Å². The first kappa shape index (κ1) is 19.7. The maximum Gasteiger partial charge on any atom is 0.407 e. The first-order valence-electron chi connectivity index (χ1n) is 7.68. The first-order valence-corrected chi connectivity index (χ1v) is 7.68. The molecule has 0 saturated carbocycles. The van der Waals surface area contributed by atoms with Crippen LogP contribution in [0.25, 0.3) is 0 Å². The van der Waals surface area contributed by atoms with Crippen LogP contribution in [-0.2, 0) is 14.3 Å². The monoisotopic (exact) mass is 377 g/mol. The number of carboxylic acid groups (broad SMARTS) is 1. The Morgan fingerprint density at radius 2 is 1.77 bits per heavy atom. The molecule has 0 aliphatic carbocycles. The van der Waals surface area contributed by atoms with Gasteiger partial charge in [0.05, 0.1) is 12.6 Å². The summed E-state index contributed by atoms with van der Waals surface area (Å²) in [7, 11) is 0. The summed E-state index contributed by atoms with van der Waals surface area (Å²) >= 11 is 0. The van der Waals surface area contributed by atoms with Gasteiger partial charge in [0, 0.05) is 24.1 Å². The molecule has 0 aromatic heterocycles. The molecule has 1 aromatic rings. The number of amides is 1. The molecule has 0 bridgehead atoms. The molecule has 2 atom stereocenters. The Bertz CT molecular complexity index is 728. The minimum absolute atomic E-state index is 0.0149. The SMILES string of the molecule is CCOC(=O)CC(=O)C1C[C@H](c2c(F)c(F)cc(F)c2F)CN1C(=O)O. The Labute approximate surface area is 145 Å². The predicted molar refractivity (Wildman–Crippen MR) is 78.4 cm³/mol. The maximum absolute atomic E-state index is 14.0. The number of benzene rings is 1. The Morgan fingerprint density at radius 3 is 2.27 bits per heavy atom. The van der Waals surface area contributed by atoms with Crippen LogP contribution in [0.5, 0.6) is 0 Å². The Hall–Kier alpha value is -2.65. The highest BCUT2D eigenvalue weighted by Gasteiger charge is 2.43. The van der Waals surface area contributed by atoms with E-state index in [1.165, 1.54) is 6.92 Å². The zero-order valence-electron chi connectivity index (χ0n) is 13.6. The van der Waals surface area contributed by atoms with Crippen molar-refractivity contribution in [3.63, 3.8) is 0 Å². The van der Waals surface area contributed by atoms with Crippen molar-refractivity contribution in [2.24, 2.45) is 0 Å². The number of halogens is 4. The molecule has 1 saturated heterocycles. The lowest BCUT2D eigenvalue weighted by Gasteiger charge is -2.19. The van der Waals surface area contributed by atoms with Crippen molar-refractivity contribution in [1.82, 2.24) is 4.90 Å². The lowest BCUT2D eigenvalue weighted by molar-refractivity contribution is -0.146. The zero-order chi connectivity index (χ0) is 19.6. The fraction of sp³-hybridized carbons (Fsp3) is 0.438. The Balaban J connectivity index is 2.32. The van der Waals surface area contributed by atoms with Crippen LogP contribution in [0, 0.1) is 23.3 Å². The molecule has 1 unspecified atom stereocenters. The molecule has 0 spiro atoms. The number of nitrogens with zero attached hydrogens (tertiary/aromatic N) is 1. The molecular formula is C16H15F4NO5. The summed E-state index contributed by atoms with van der Waals surface area (Å²) in [6.07, 6.45) is -2.70. The molecule has 2 rings (SSSR count). The fourth-order valence-corrected chi connectivity index (χ4v) is 2.98. The predicted octanol–water partition coefficient (Wildman–Crippen LogP) is 2.60. The average Bonchev–Trinajstić information content (AvgIpc) is 2.99. The minimum Gasteiger partial charge on any atom is -0.466 e. The number of ether oxygens (including phenoxy) is 1. The number of esters is 1. The van der Waals surface area contributed by atoms with E-state index in [1.807, 2.05) is 0 Å². The van der Waals surface area contributed by atoms with E-state index in [-0.39, 0.29) is 12.7 Å². The summed E-state index contributed by atoms with van der Waals surface area (Å²) in [6.45, 7) is 0.980. The van der Waals surface area contributed by atoms with E-state index >= 15 is 0 Å². The third-order valence-electron chi connectivity index (χ3n) is 4.10. The molecule has 1 amide bonds. The fourth-order valence-electron chi connectivity index (χ4n) is 2.98. The number of hydrogen-bond donors (Lipinski definition) is 1. The summed E-state index contributed by atoms with van der Waals surface area (Å²) in [6, 6.07) is -1.34. The number of carbonyl (C=O) groups excluding carboxylic acids is 2. The van der Waals surface area contributed by atoms with Gasteiger partial charge in [-0.1, -0.05) is 0 Å². The minimum atomic E-state index is -1.64. The Morgan fingerprint density at radius 1 is 1.19 bits per heavy atom. The van der Waals surface area contributed by atoms with Crippen molar-refractivity contribution < 1.29 is 41.8 Å². The van der Waals surface area contributed by atoms with E-state index in [9.17, 15) is 37.1 Å². The van der Waals surface area contributed by atoms with Crippen molar-refractivity contribution in [2.45, 2.75) is 31.7 Å². The summed E-state index contributed by atoms with van der Waals surface area (Å²) in [5.41, 5.74) is -0.958. The van der Waals surface area contributed by atoms with Gasteiger partial charge in [-0.15, -0.1) is 0 Å². The summed E-state index contributed by atoms with van der Waals surface area (Å²) in [4.78, 5) is 35.5. The van der Waals surface area contributed by atoms with E-state index in [1.54, 1.807) is 0 Å². The lowest BCUT2D eigenvalue weighted by Crippen LogP contribution is -2.40. The average molecular weight is 377 g/mol. The highest BCUT2D eigenvalue weighted by Crippen LogP contribution is 2.36. The van der Waals surface area contributed by atoms with Crippen molar-refractivity contribution in [3.05, 3.63) is 34.9 Å². The van der Waals surface area contributed by atoms with Gasteiger partial charge < -0.3 is 9.84 Å². The van der Waals surface area contributed by atoms with Crippen LogP contribution in [0.2, 0.25) is 0 Å². The second-order valence-electron chi connectivity index (χ2n) is 5.71. The van der Waals surface area contributed by atoms with Crippen LogP contribution in [0.3, 0.4) is 0 Å². The number of likely N-dealkylation sites (tertiary alicyclic amines) is 1. The number of carbonyl (C=O) groups is 3. The molecule has 1 N–H and O–H groups in total. The van der Waals surface area contributed by atoms with Crippen molar-refractivity contribution in [2.75, 3.05) is 13.2 Å². The van der Waals surface area contributed by atoms with Gasteiger partial charge in [-0.25, -0.2) is 22.4 Å². The van der Waals surface area contributed by atoms with Crippen LogP contribution in [-0.4, -0.2) is 47.0 Å². The molecule has 10 heteroatoms. The van der Waals surface area contributed by atoms with Gasteiger partial charge in [-0.2, -0.15) is 0 Å². The lowest BCUT2D eigenvalue weighted by atomic mass is 9.93. The van der Waals surface area contributed by atoms with Gasteiger partial charge in [-0.05, 0) is 13.3 Å². The molecule has 1 aliphatic rings. The molecular weight excluding hydrogens is 362 g/mol. The number of Topliss-reactive ketones (excluding diaryl/α,β-unsaturated/α-hetero) is 1.